The molecule has 146 valence electrons. The quantitative estimate of drug-likeness (QED) is 0.372. The number of rotatable bonds is 6. The summed E-state index contributed by atoms with van der Waals surface area (Å²) in [5, 5.41) is 6.88. The Morgan fingerprint density at radius 3 is 2.52 bits per heavy atom. The van der Waals surface area contributed by atoms with Crippen LogP contribution in [0.2, 0.25) is 0 Å². The highest BCUT2D eigenvalue weighted by molar-refractivity contribution is 14.0. The van der Waals surface area contributed by atoms with Crippen LogP contribution >= 0.6 is 24.0 Å². The summed E-state index contributed by atoms with van der Waals surface area (Å²) in [6, 6.07) is 19.3. The fourth-order valence-electron chi connectivity index (χ4n) is 3.32. The molecule has 2 aromatic rings. The van der Waals surface area contributed by atoms with Crippen LogP contribution < -0.4 is 15.5 Å². The molecule has 4 nitrogen and oxygen atoms in total. The van der Waals surface area contributed by atoms with E-state index in [0.717, 1.165) is 32.1 Å². The molecule has 0 aliphatic carbocycles. The SMILES string of the molecule is CCNC(=NCc1ccc(C)cc1)NCC1CCN(c2ccccc2)C1.I. The largest absolute Gasteiger partial charge is 0.371 e. The number of anilines is 1. The van der Waals surface area contributed by atoms with Gasteiger partial charge in [-0.05, 0) is 43.9 Å². The molecule has 3 rings (SSSR count). The van der Waals surface area contributed by atoms with E-state index in [9.17, 15) is 0 Å². The van der Waals surface area contributed by atoms with Crippen LogP contribution in [0.15, 0.2) is 59.6 Å². The molecule has 0 aromatic heterocycles. The summed E-state index contributed by atoms with van der Waals surface area (Å²) in [4.78, 5) is 7.21. The third kappa shape index (κ3) is 6.72. The van der Waals surface area contributed by atoms with Gasteiger partial charge in [-0.25, -0.2) is 4.99 Å². The van der Waals surface area contributed by atoms with Gasteiger partial charge in [0.15, 0.2) is 5.96 Å². The van der Waals surface area contributed by atoms with Crippen LogP contribution in [0.25, 0.3) is 0 Å². The summed E-state index contributed by atoms with van der Waals surface area (Å²) in [5.41, 5.74) is 3.85. The second kappa shape index (κ2) is 11.2. The van der Waals surface area contributed by atoms with Crippen LogP contribution in [0.1, 0.15) is 24.5 Å². The molecule has 1 aliphatic rings. The third-order valence-corrected chi connectivity index (χ3v) is 4.85. The number of aliphatic imine (C=N–C) groups is 1. The van der Waals surface area contributed by atoms with Crippen molar-refractivity contribution >= 4 is 35.6 Å². The highest BCUT2D eigenvalue weighted by Gasteiger charge is 2.22. The van der Waals surface area contributed by atoms with Crippen molar-refractivity contribution < 1.29 is 0 Å². The molecular weight excluding hydrogens is 447 g/mol. The van der Waals surface area contributed by atoms with Crippen LogP contribution in [0.5, 0.6) is 0 Å². The van der Waals surface area contributed by atoms with Crippen molar-refractivity contribution in [2.45, 2.75) is 26.8 Å². The summed E-state index contributed by atoms with van der Waals surface area (Å²) in [6.07, 6.45) is 1.22. The second-order valence-electron chi connectivity index (χ2n) is 7.00. The van der Waals surface area contributed by atoms with E-state index in [2.05, 4.69) is 84.0 Å². The van der Waals surface area contributed by atoms with Gasteiger partial charge in [-0.15, -0.1) is 24.0 Å². The minimum Gasteiger partial charge on any atom is -0.371 e. The summed E-state index contributed by atoms with van der Waals surface area (Å²) in [7, 11) is 0. The van der Waals surface area contributed by atoms with Crippen LogP contribution in [0.4, 0.5) is 5.69 Å². The highest BCUT2D eigenvalue weighted by atomic mass is 127. The lowest BCUT2D eigenvalue weighted by Gasteiger charge is -2.19. The molecule has 0 bridgehead atoms. The molecule has 2 aromatic carbocycles. The minimum absolute atomic E-state index is 0. The van der Waals surface area contributed by atoms with E-state index in [1.54, 1.807) is 0 Å². The summed E-state index contributed by atoms with van der Waals surface area (Å²) in [6.45, 7) is 9.00. The molecular formula is C22H31IN4. The van der Waals surface area contributed by atoms with E-state index in [-0.39, 0.29) is 24.0 Å². The zero-order valence-electron chi connectivity index (χ0n) is 16.3. The fraction of sp³-hybridized carbons (Fsp3) is 0.409. The molecule has 2 N–H and O–H groups in total. The number of para-hydroxylation sites is 1. The van der Waals surface area contributed by atoms with Gasteiger partial charge in [0.05, 0.1) is 6.54 Å². The van der Waals surface area contributed by atoms with Gasteiger partial charge in [0, 0.05) is 31.9 Å². The summed E-state index contributed by atoms with van der Waals surface area (Å²) in [5.74, 6) is 1.56. The van der Waals surface area contributed by atoms with E-state index in [0.29, 0.717) is 12.5 Å². The zero-order chi connectivity index (χ0) is 18.2. The summed E-state index contributed by atoms with van der Waals surface area (Å²) >= 11 is 0. The third-order valence-electron chi connectivity index (χ3n) is 4.85. The number of aryl methyl sites for hydroxylation is 1. The highest BCUT2D eigenvalue weighted by Crippen LogP contribution is 2.22. The number of halogens is 1. The first kappa shape index (κ1) is 21.5. The van der Waals surface area contributed by atoms with E-state index >= 15 is 0 Å². The maximum atomic E-state index is 4.73. The van der Waals surface area contributed by atoms with Crippen LogP contribution in [-0.4, -0.2) is 32.1 Å². The van der Waals surface area contributed by atoms with Crippen molar-refractivity contribution in [3.8, 4) is 0 Å². The first-order valence-corrected chi connectivity index (χ1v) is 9.62. The Balaban J connectivity index is 0.00000261. The van der Waals surface area contributed by atoms with Gasteiger partial charge in [-0.3, -0.25) is 0 Å². The lowest BCUT2D eigenvalue weighted by atomic mass is 10.1. The van der Waals surface area contributed by atoms with Crippen molar-refractivity contribution in [2.24, 2.45) is 10.9 Å². The molecule has 0 amide bonds. The minimum atomic E-state index is 0. The molecule has 27 heavy (non-hydrogen) atoms. The Bertz CT molecular complexity index is 700. The Hall–Kier alpha value is -1.76. The van der Waals surface area contributed by atoms with Gasteiger partial charge in [0.25, 0.3) is 0 Å². The Labute approximate surface area is 180 Å². The lowest BCUT2D eigenvalue weighted by molar-refractivity contribution is 0.566. The molecule has 1 unspecified atom stereocenters. The number of guanidine groups is 1. The van der Waals surface area contributed by atoms with Gasteiger partial charge in [-0.2, -0.15) is 0 Å². The van der Waals surface area contributed by atoms with Crippen LogP contribution in [0, 0.1) is 12.8 Å². The van der Waals surface area contributed by atoms with Crippen LogP contribution in [0.3, 0.4) is 0 Å². The molecule has 0 radical (unpaired) electrons. The number of nitrogens with one attached hydrogen (secondary N) is 2. The predicted molar refractivity (Wildman–Crippen MR) is 126 cm³/mol. The van der Waals surface area contributed by atoms with Gasteiger partial charge >= 0.3 is 0 Å². The smallest absolute Gasteiger partial charge is 0.191 e. The summed E-state index contributed by atoms with van der Waals surface area (Å²) < 4.78 is 0. The average molecular weight is 478 g/mol. The molecule has 1 aliphatic heterocycles. The van der Waals surface area contributed by atoms with E-state index in [1.165, 1.54) is 23.2 Å². The Morgan fingerprint density at radius 1 is 1.07 bits per heavy atom. The molecule has 0 saturated carbocycles. The van der Waals surface area contributed by atoms with E-state index in [1.807, 2.05) is 0 Å². The van der Waals surface area contributed by atoms with E-state index in [4.69, 9.17) is 4.99 Å². The first-order valence-electron chi connectivity index (χ1n) is 9.62. The maximum absolute atomic E-state index is 4.73. The Morgan fingerprint density at radius 2 is 1.81 bits per heavy atom. The van der Waals surface area contributed by atoms with Crippen molar-refractivity contribution in [2.75, 3.05) is 31.1 Å². The van der Waals surface area contributed by atoms with Crippen molar-refractivity contribution in [3.63, 3.8) is 0 Å². The van der Waals surface area contributed by atoms with Gasteiger partial charge in [0.2, 0.25) is 0 Å². The van der Waals surface area contributed by atoms with Crippen molar-refractivity contribution in [1.29, 1.82) is 0 Å². The monoisotopic (exact) mass is 478 g/mol. The number of nitrogens with zero attached hydrogens (tertiary/aromatic N) is 2. The predicted octanol–water partition coefficient (Wildman–Crippen LogP) is 4.19. The molecule has 0 spiro atoms. The zero-order valence-corrected chi connectivity index (χ0v) is 18.6. The molecule has 1 fully saturated rings. The first-order chi connectivity index (χ1) is 12.7. The number of hydrogen-bond acceptors (Lipinski definition) is 2. The molecule has 1 heterocycles. The van der Waals surface area contributed by atoms with E-state index < -0.39 is 0 Å². The second-order valence-corrected chi connectivity index (χ2v) is 7.00. The standard InChI is InChI=1S/C22H30N4.HI/c1-3-23-22(24-15-19-11-9-18(2)10-12-19)25-16-20-13-14-26(17-20)21-7-5-4-6-8-21;/h4-12,20H,3,13-17H2,1-2H3,(H2,23,24,25);1H. The number of hydrogen-bond donors (Lipinski definition) is 2. The molecule has 5 heteroatoms. The number of benzene rings is 2. The normalized spacial score (nSPS) is 16.7. The van der Waals surface area contributed by atoms with Crippen molar-refractivity contribution in [3.05, 3.63) is 65.7 Å². The molecule has 1 saturated heterocycles. The van der Waals surface area contributed by atoms with Crippen LogP contribution in [-0.2, 0) is 6.54 Å². The molecule has 1 atom stereocenters. The van der Waals surface area contributed by atoms with Crippen molar-refractivity contribution in [1.82, 2.24) is 10.6 Å². The van der Waals surface area contributed by atoms with Gasteiger partial charge in [0.1, 0.15) is 0 Å². The lowest BCUT2D eigenvalue weighted by Crippen LogP contribution is -2.40. The average Bonchev–Trinajstić information content (AvgIpc) is 3.15. The van der Waals surface area contributed by atoms with Gasteiger partial charge in [-0.1, -0.05) is 48.0 Å². The fourth-order valence-corrected chi connectivity index (χ4v) is 3.32. The topological polar surface area (TPSA) is 39.7 Å². The Kier molecular flexibility index (Phi) is 8.91. The maximum Gasteiger partial charge on any atom is 0.191 e. The van der Waals surface area contributed by atoms with Gasteiger partial charge < -0.3 is 15.5 Å².